The number of carbonyl (C=O) groups excluding carboxylic acids is 2. The van der Waals surface area contributed by atoms with E-state index < -0.39 is 5.91 Å². The molecule has 0 radical (unpaired) electrons. The molecule has 1 fully saturated rings. The molecule has 27 heavy (non-hydrogen) atoms. The molecule has 2 aromatic heterocycles. The molecule has 1 N–H and O–H groups in total. The number of nitrogens with one attached hydrogen (secondary N) is 1. The third-order valence-electron chi connectivity index (χ3n) is 4.19. The van der Waals surface area contributed by atoms with Gasteiger partial charge in [-0.15, -0.1) is 0 Å². The number of hydrogen-bond donors (Lipinski definition) is 1. The lowest BCUT2D eigenvalue weighted by atomic mass is 10.2. The van der Waals surface area contributed by atoms with Crippen molar-refractivity contribution >= 4 is 11.8 Å². The van der Waals surface area contributed by atoms with Crippen molar-refractivity contribution in [1.29, 1.82) is 5.26 Å². The number of furan rings is 1. The van der Waals surface area contributed by atoms with E-state index in [-0.39, 0.29) is 11.5 Å². The molecule has 8 heteroatoms. The van der Waals surface area contributed by atoms with Gasteiger partial charge in [-0.05, 0) is 23.8 Å². The molecule has 0 aliphatic carbocycles. The SMILES string of the molecule is N#C/C(=C/N1CCN(C(=O)c2ccco2)CC1)C(=O)NCc1cccnc1. The summed E-state index contributed by atoms with van der Waals surface area (Å²) in [5.74, 6) is -0.278. The van der Waals surface area contributed by atoms with Crippen molar-refractivity contribution in [2.45, 2.75) is 6.54 Å². The Hall–Kier alpha value is -3.60. The molecule has 3 heterocycles. The van der Waals surface area contributed by atoms with Crippen LogP contribution in [0.2, 0.25) is 0 Å². The second-order valence-corrected chi connectivity index (χ2v) is 6.00. The van der Waals surface area contributed by atoms with Gasteiger partial charge in [-0.3, -0.25) is 14.6 Å². The average Bonchev–Trinajstić information content (AvgIpc) is 3.26. The molecule has 0 atom stereocenters. The van der Waals surface area contributed by atoms with Crippen molar-refractivity contribution in [3.05, 3.63) is 66.0 Å². The van der Waals surface area contributed by atoms with Gasteiger partial charge in [0.2, 0.25) is 0 Å². The molecule has 1 saturated heterocycles. The Morgan fingerprint density at radius 2 is 2.07 bits per heavy atom. The van der Waals surface area contributed by atoms with Gasteiger partial charge in [0.25, 0.3) is 11.8 Å². The molecule has 0 unspecified atom stereocenters. The molecule has 0 bridgehead atoms. The number of rotatable bonds is 5. The number of carbonyl (C=O) groups is 2. The number of nitriles is 1. The first-order valence-corrected chi connectivity index (χ1v) is 8.53. The molecule has 138 valence electrons. The van der Waals surface area contributed by atoms with Crippen LogP contribution in [0, 0.1) is 11.3 Å². The minimum absolute atomic E-state index is 0.0321. The van der Waals surface area contributed by atoms with Gasteiger partial charge in [0.05, 0.1) is 6.26 Å². The monoisotopic (exact) mass is 365 g/mol. The minimum atomic E-state index is -0.435. The number of amides is 2. The molecule has 1 aliphatic rings. The third kappa shape index (κ3) is 4.73. The van der Waals surface area contributed by atoms with Crippen LogP contribution in [0.5, 0.6) is 0 Å². The van der Waals surface area contributed by atoms with E-state index in [9.17, 15) is 14.9 Å². The van der Waals surface area contributed by atoms with Crippen LogP contribution in [-0.4, -0.2) is 52.8 Å². The Morgan fingerprint density at radius 3 is 2.70 bits per heavy atom. The van der Waals surface area contributed by atoms with Crippen molar-refractivity contribution in [3.8, 4) is 6.07 Å². The molecular weight excluding hydrogens is 346 g/mol. The predicted molar refractivity (Wildman–Crippen MR) is 96.0 cm³/mol. The maximum atomic E-state index is 12.3. The van der Waals surface area contributed by atoms with E-state index in [0.717, 1.165) is 5.56 Å². The van der Waals surface area contributed by atoms with Crippen LogP contribution in [0.15, 0.2) is 59.1 Å². The number of piperazine rings is 1. The van der Waals surface area contributed by atoms with Gasteiger partial charge in [-0.25, -0.2) is 0 Å². The summed E-state index contributed by atoms with van der Waals surface area (Å²) in [7, 11) is 0. The van der Waals surface area contributed by atoms with Crippen molar-refractivity contribution in [1.82, 2.24) is 20.1 Å². The molecule has 3 rings (SSSR count). The first-order valence-electron chi connectivity index (χ1n) is 8.53. The Balaban J connectivity index is 1.53. The quantitative estimate of drug-likeness (QED) is 0.630. The summed E-state index contributed by atoms with van der Waals surface area (Å²) < 4.78 is 5.13. The largest absolute Gasteiger partial charge is 0.459 e. The van der Waals surface area contributed by atoms with Gasteiger partial charge in [0.15, 0.2) is 5.76 Å². The Bertz CT molecular complexity index is 847. The van der Waals surface area contributed by atoms with Gasteiger partial charge in [0.1, 0.15) is 11.6 Å². The van der Waals surface area contributed by atoms with Crippen molar-refractivity contribution in [3.63, 3.8) is 0 Å². The van der Waals surface area contributed by atoms with Gasteiger partial charge in [0, 0.05) is 51.3 Å². The van der Waals surface area contributed by atoms with Crippen molar-refractivity contribution in [2.24, 2.45) is 0 Å². The molecule has 8 nitrogen and oxygen atoms in total. The fourth-order valence-corrected chi connectivity index (χ4v) is 2.71. The average molecular weight is 365 g/mol. The van der Waals surface area contributed by atoms with E-state index >= 15 is 0 Å². The second-order valence-electron chi connectivity index (χ2n) is 6.00. The second kappa shape index (κ2) is 8.67. The molecular formula is C19H19N5O3. The van der Waals surface area contributed by atoms with Crippen LogP contribution in [0.1, 0.15) is 16.1 Å². The summed E-state index contributed by atoms with van der Waals surface area (Å²) in [6.45, 7) is 2.36. The summed E-state index contributed by atoms with van der Waals surface area (Å²) in [6.07, 6.45) is 6.33. The molecule has 2 amide bonds. The summed E-state index contributed by atoms with van der Waals surface area (Å²) >= 11 is 0. The van der Waals surface area contributed by atoms with Crippen LogP contribution in [0.4, 0.5) is 0 Å². The van der Waals surface area contributed by atoms with E-state index in [1.54, 1.807) is 41.7 Å². The van der Waals surface area contributed by atoms with Crippen molar-refractivity contribution < 1.29 is 14.0 Å². The normalized spacial score (nSPS) is 14.6. The predicted octanol–water partition coefficient (Wildman–Crippen LogP) is 1.16. The zero-order valence-corrected chi connectivity index (χ0v) is 14.7. The number of hydrogen-bond acceptors (Lipinski definition) is 6. The topological polar surface area (TPSA) is 102 Å². The number of aromatic nitrogens is 1. The maximum Gasteiger partial charge on any atom is 0.289 e. The van der Waals surface area contributed by atoms with Crippen LogP contribution >= 0.6 is 0 Å². The van der Waals surface area contributed by atoms with Crippen LogP contribution in [-0.2, 0) is 11.3 Å². The van der Waals surface area contributed by atoms with E-state index in [1.807, 2.05) is 17.0 Å². The lowest BCUT2D eigenvalue weighted by Gasteiger charge is -2.33. The van der Waals surface area contributed by atoms with Crippen LogP contribution < -0.4 is 5.32 Å². The smallest absolute Gasteiger partial charge is 0.289 e. The Labute approximate surface area is 156 Å². The lowest BCUT2D eigenvalue weighted by molar-refractivity contribution is -0.117. The molecule has 2 aromatic rings. The zero-order chi connectivity index (χ0) is 19.1. The molecule has 1 aliphatic heterocycles. The fraction of sp³-hybridized carbons (Fsp3) is 0.263. The van der Waals surface area contributed by atoms with E-state index in [4.69, 9.17) is 4.42 Å². The number of pyridine rings is 1. The highest BCUT2D eigenvalue weighted by Crippen LogP contribution is 2.10. The highest BCUT2D eigenvalue weighted by atomic mass is 16.3. The van der Waals surface area contributed by atoms with Crippen LogP contribution in [0.3, 0.4) is 0 Å². The highest BCUT2D eigenvalue weighted by molar-refractivity contribution is 5.97. The highest BCUT2D eigenvalue weighted by Gasteiger charge is 2.23. The summed E-state index contributed by atoms with van der Waals surface area (Å²) in [6, 6.07) is 8.88. The first kappa shape index (κ1) is 18.2. The first-order chi connectivity index (χ1) is 13.2. The summed E-state index contributed by atoms with van der Waals surface area (Å²) in [4.78, 5) is 32.0. The van der Waals surface area contributed by atoms with E-state index in [1.165, 1.54) is 6.26 Å². The van der Waals surface area contributed by atoms with Crippen LogP contribution in [0.25, 0.3) is 0 Å². The zero-order valence-electron chi connectivity index (χ0n) is 14.7. The minimum Gasteiger partial charge on any atom is -0.459 e. The van der Waals surface area contributed by atoms with Gasteiger partial charge >= 0.3 is 0 Å². The summed E-state index contributed by atoms with van der Waals surface area (Å²) in [5.41, 5.74) is 0.887. The van der Waals surface area contributed by atoms with Gasteiger partial charge < -0.3 is 19.5 Å². The Kier molecular flexibility index (Phi) is 5.84. The van der Waals surface area contributed by atoms with Gasteiger partial charge in [-0.1, -0.05) is 6.07 Å². The Morgan fingerprint density at radius 1 is 1.26 bits per heavy atom. The molecule has 0 spiro atoms. The standard InChI is InChI=1S/C19H19N5O3/c20-11-16(18(25)22-13-15-3-1-5-21-12-15)14-23-6-8-24(9-7-23)19(26)17-4-2-10-27-17/h1-5,10,12,14H,6-9,13H2,(H,22,25)/b16-14-. The third-order valence-corrected chi connectivity index (χ3v) is 4.19. The summed E-state index contributed by atoms with van der Waals surface area (Å²) in [5, 5.41) is 12.0. The van der Waals surface area contributed by atoms with E-state index in [2.05, 4.69) is 10.3 Å². The van der Waals surface area contributed by atoms with Gasteiger partial charge in [-0.2, -0.15) is 5.26 Å². The number of nitrogens with zero attached hydrogens (tertiary/aromatic N) is 4. The molecule has 0 aromatic carbocycles. The van der Waals surface area contributed by atoms with E-state index in [0.29, 0.717) is 38.5 Å². The van der Waals surface area contributed by atoms with Crippen molar-refractivity contribution in [2.75, 3.05) is 26.2 Å². The fourth-order valence-electron chi connectivity index (χ4n) is 2.71. The lowest BCUT2D eigenvalue weighted by Crippen LogP contribution is -2.47. The molecule has 0 saturated carbocycles. The maximum absolute atomic E-state index is 12.3.